The summed E-state index contributed by atoms with van der Waals surface area (Å²) in [4.78, 5) is 25.2. The average Bonchev–Trinajstić information content (AvgIpc) is 3.37. The van der Waals surface area contributed by atoms with E-state index in [-0.39, 0.29) is 11.5 Å². The van der Waals surface area contributed by atoms with E-state index in [9.17, 15) is 27.9 Å². The Morgan fingerprint density at radius 3 is 2.34 bits per heavy atom. The Labute approximate surface area is 185 Å². The number of carbonyl (C=O) groups is 2. The molecule has 0 bridgehead atoms. The fourth-order valence-corrected chi connectivity index (χ4v) is 4.95. The van der Waals surface area contributed by atoms with Crippen LogP contribution in [-0.2, 0) is 17.6 Å². The molecule has 0 saturated heterocycles. The van der Waals surface area contributed by atoms with Crippen molar-refractivity contribution in [3.8, 4) is 5.75 Å². The lowest BCUT2D eigenvalue weighted by atomic mass is 9.97. The van der Waals surface area contributed by atoms with Gasteiger partial charge in [0.2, 0.25) is 0 Å². The molecule has 0 radical (unpaired) electrons. The van der Waals surface area contributed by atoms with Crippen LogP contribution in [0.25, 0.3) is 10.1 Å². The number of hydrogen-bond acceptors (Lipinski definition) is 4. The van der Waals surface area contributed by atoms with Gasteiger partial charge in [-0.15, -0.1) is 11.3 Å². The molecule has 0 aliphatic heterocycles. The van der Waals surface area contributed by atoms with Gasteiger partial charge in [-0.25, -0.2) is 4.79 Å². The number of benzene rings is 2. The van der Waals surface area contributed by atoms with Crippen LogP contribution in [0.2, 0.25) is 0 Å². The van der Waals surface area contributed by atoms with E-state index in [0.717, 1.165) is 29.7 Å². The first-order valence-corrected chi connectivity index (χ1v) is 10.9. The second-order valence-electron chi connectivity index (χ2n) is 7.79. The van der Waals surface area contributed by atoms with Crippen molar-refractivity contribution in [1.82, 2.24) is 5.32 Å². The molecule has 5 nitrogen and oxygen atoms in total. The first-order valence-electron chi connectivity index (χ1n) is 10.1. The number of fused-ring (bicyclic) bond motifs is 1. The molecule has 32 heavy (non-hydrogen) atoms. The van der Waals surface area contributed by atoms with Gasteiger partial charge < -0.3 is 15.2 Å². The number of amides is 1. The normalized spacial score (nSPS) is 15.6. The molecule has 1 saturated carbocycles. The van der Waals surface area contributed by atoms with Gasteiger partial charge in [-0.3, -0.25) is 4.79 Å². The summed E-state index contributed by atoms with van der Waals surface area (Å²) < 4.78 is 45.0. The number of carboxylic acids is 1. The third kappa shape index (κ3) is 4.29. The van der Waals surface area contributed by atoms with Gasteiger partial charge in [0, 0.05) is 10.1 Å². The molecule has 1 heterocycles. The lowest BCUT2D eigenvalue weighted by Gasteiger charge is -2.25. The van der Waals surface area contributed by atoms with Crippen LogP contribution in [0.4, 0.5) is 13.2 Å². The minimum absolute atomic E-state index is 0.0385. The van der Waals surface area contributed by atoms with E-state index in [1.54, 1.807) is 12.1 Å². The average molecular weight is 463 g/mol. The molecule has 2 aromatic carbocycles. The van der Waals surface area contributed by atoms with E-state index < -0.39 is 29.2 Å². The van der Waals surface area contributed by atoms with Crippen LogP contribution in [0.5, 0.6) is 5.75 Å². The van der Waals surface area contributed by atoms with E-state index >= 15 is 0 Å². The van der Waals surface area contributed by atoms with Crippen LogP contribution < -0.4 is 10.1 Å². The molecule has 0 unspecified atom stereocenters. The Bertz CT molecular complexity index is 1150. The first kappa shape index (κ1) is 22.1. The Morgan fingerprint density at radius 1 is 1.06 bits per heavy atom. The minimum Gasteiger partial charge on any atom is -0.487 e. The van der Waals surface area contributed by atoms with Crippen LogP contribution >= 0.6 is 11.3 Å². The summed E-state index contributed by atoms with van der Waals surface area (Å²) in [5.74, 6) is -1.30. The lowest BCUT2D eigenvalue weighted by Crippen LogP contribution is -2.52. The standard InChI is InChI=1S/C23H20F3NO4S/c24-23(25,26)15-9-7-14(8-10-15)13-31-18-16-5-1-2-6-17(16)32-19(18)20(28)27-22(21(29)30)11-3-4-12-22/h1-2,5-10H,3-4,11-13H2,(H,27,28)(H,29,30). The number of rotatable bonds is 6. The molecule has 1 aliphatic carbocycles. The number of ether oxygens (including phenoxy) is 1. The highest BCUT2D eigenvalue weighted by molar-refractivity contribution is 7.21. The van der Waals surface area contributed by atoms with E-state index in [1.807, 2.05) is 12.1 Å². The number of aliphatic carboxylic acids is 1. The zero-order valence-corrected chi connectivity index (χ0v) is 17.7. The van der Waals surface area contributed by atoms with E-state index in [4.69, 9.17) is 4.74 Å². The zero-order chi connectivity index (χ0) is 22.9. The number of halogens is 3. The van der Waals surface area contributed by atoms with Gasteiger partial charge in [0.25, 0.3) is 5.91 Å². The topological polar surface area (TPSA) is 75.6 Å². The van der Waals surface area contributed by atoms with Gasteiger partial charge in [0.1, 0.15) is 17.0 Å². The molecule has 1 aromatic heterocycles. The number of carbonyl (C=O) groups excluding carboxylic acids is 1. The van der Waals surface area contributed by atoms with Gasteiger partial charge in [-0.1, -0.05) is 37.1 Å². The molecule has 168 valence electrons. The highest BCUT2D eigenvalue weighted by Crippen LogP contribution is 2.39. The number of alkyl halides is 3. The molecule has 4 rings (SSSR count). The van der Waals surface area contributed by atoms with Crippen LogP contribution in [0, 0.1) is 0 Å². The van der Waals surface area contributed by atoms with Gasteiger partial charge in [0.15, 0.2) is 5.75 Å². The highest BCUT2D eigenvalue weighted by atomic mass is 32.1. The quantitative estimate of drug-likeness (QED) is 0.497. The molecule has 1 aliphatic rings. The summed E-state index contributed by atoms with van der Waals surface area (Å²) in [7, 11) is 0. The van der Waals surface area contributed by atoms with Crippen molar-refractivity contribution in [2.24, 2.45) is 0 Å². The van der Waals surface area contributed by atoms with Crippen molar-refractivity contribution in [3.63, 3.8) is 0 Å². The lowest BCUT2D eigenvalue weighted by molar-refractivity contribution is -0.144. The maximum atomic E-state index is 13.1. The second-order valence-corrected chi connectivity index (χ2v) is 8.84. The summed E-state index contributed by atoms with van der Waals surface area (Å²) in [6.07, 6.45) is -2.26. The predicted octanol–water partition coefficient (Wildman–Crippen LogP) is 5.63. The Balaban J connectivity index is 1.60. The number of nitrogens with one attached hydrogen (secondary N) is 1. The number of hydrogen-bond donors (Lipinski definition) is 2. The Hall–Kier alpha value is -3.07. The largest absolute Gasteiger partial charge is 0.487 e. The Kier molecular flexibility index (Phi) is 5.85. The minimum atomic E-state index is -4.42. The molecule has 0 spiro atoms. The second kappa shape index (κ2) is 8.46. The number of thiophene rings is 1. The maximum Gasteiger partial charge on any atom is 0.416 e. The molecule has 0 atom stereocenters. The summed E-state index contributed by atoms with van der Waals surface area (Å²) in [6, 6.07) is 11.8. The molecule has 2 N–H and O–H groups in total. The van der Waals surface area contributed by atoms with Gasteiger partial charge in [-0.05, 0) is 42.7 Å². The summed E-state index contributed by atoms with van der Waals surface area (Å²) >= 11 is 1.19. The maximum absolute atomic E-state index is 13.1. The van der Waals surface area contributed by atoms with Crippen LogP contribution in [0.3, 0.4) is 0 Å². The monoisotopic (exact) mass is 463 g/mol. The Morgan fingerprint density at radius 2 is 1.72 bits per heavy atom. The molecule has 3 aromatic rings. The molecular formula is C23H20F3NO4S. The smallest absolute Gasteiger partial charge is 0.416 e. The summed E-state index contributed by atoms with van der Waals surface area (Å²) in [5, 5.41) is 13.1. The molecule has 1 amide bonds. The van der Waals surface area contributed by atoms with Crippen molar-refractivity contribution in [1.29, 1.82) is 0 Å². The van der Waals surface area contributed by atoms with E-state index in [0.29, 0.717) is 29.5 Å². The molecular weight excluding hydrogens is 443 g/mol. The summed E-state index contributed by atoms with van der Waals surface area (Å²) in [6.45, 7) is -0.0385. The van der Waals surface area contributed by atoms with Crippen molar-refractivity contribution in [2.75, 3.05) is 0 Å². The molecule has 9 heteroatoms. The van der Waals surface area contributed by atoms with Crippen molar-refractivity contribution >= 4 is 33.3 Å². The van der Waals surface area contributed by atoms with Gasteiger partial charge >= 0.3 is 12.1 Å². The van der Waals surface area contributed by atoms with Gasteiger partial charge in [0.05, 0.1) is 5.56 Å². The van der Waals surface area contributed by atoms with Gasteiger partial charge in [-0.2, -0.15) is 13.2 Å². The molecule has 1 fully saturated rings. The zero-order valence-electron chi connectivity index (χ0n) is 16.9. The van der Waals surface area contributed by atoms with E-state index in [2.05, 4.69) is 5.32 Å². The highest BCUT2D eigenvalue weighted by Gasteiger charge is 2.43. The summed E-state index contributed by atoms with van der Waals surface area (Å²) in [5.41, 5.74) is -1.53. The first-order chi connectivity index (χ1) is 15.2. The fourth-order valence-electron chi connectivity index (χ4n) is 3.91. The third-order valence-corrected chi connectivity index (χ3v) is 6.79. The van der Waals surface area contributed by atoms with Crippen LogP contribution in [0.15, 0.2) is 48.5 Å². The van der Waals surface area contributed by atoms with E-state index in [1.165, 1.54) is 23.5 Å². The van der Waals surface area contributed by atoms with Crippen LogP contribution in [0.1, 0.15) is 46.5 Å². The fraction of sp³-hybridized carbons (Fsp3) is 0.304. The van der Waals surface area contributed by atoms with Crippen LogP contribution in [-0.4, -0.2) is 22.5 Å². The van der Waals surface area contributed by atoms with Crippen molar-refractivity contribution in [2.45, 2.75) is 44.0 Å². The van der Waals surface area contributed by atoms with Crippen molar-refractivity contribution < 1.29 is 32.6 Å². The van der Waals surface area contributed by atoms with Crippen molar-refractivity contribution in [3.05, 3.63) is 64.5 Å². The predicted molar refractivity (Wildman–Crippen MR) is 114 cm³/mol. The number of carboxylic acid groups (broad SMARTS) is 1. The SMILES string of the molecule is O=C(NC1(C(=O)O)CCCC1)c1sc2ccccc2c1OCc1ccc(C(F)(F)F)cc1. The third-order valence-electron chi connectivity index (χ3n) is 5.64.